The summed E-state index contributed by atoms with van der Waals surface area (Å²) in [6, 6.07) is 31.1. The Morgan fingerprint density at radius 3 is 2.47 bits per heavy atom. The molecule has 5 aromatic rings. The second kappa shape index (κ2) is 15.4. The fourth-order valence-corrected chi connectivity index (χ4v) is 5.40. The van der Waals surface area contributed by atoms with Crippen LogP contribution in [0.4, 0.5) is 0 Å². The maximum atomic E-state index is 12.9. The molecule has 4 aromatic carbocycles. The Kier molecular flexibility index (Phi) is 10.9. The molecule has 0 saturated carbocycles. The molecule has 0 aliphatic rings. The van der Waals surface area contributed by atoms with E-state index in [0.29, 0.717) is 36.7 Å². The van der Waals surface area contributed by atoms with Crippen molar-refractivity contribution in [3.8, 4) is 11.5 Å². The number of carbonyl (C=O) groups is 1. The Labute approximate surface area is 264 Å². The third kappa shape index (κ3) is 8.30. The lowest BCUT2D eigenvalue weighted by molar-refractivity contribution is 0.0946. The highest BCUT2D eigenvalue weighted by molar-refractivity contribution is 5.98. The summed E-state index contributed by atoms with van der Waals surface area (Å²) in [4.78, 5) is 16.1. The fourth-order valence-electron chi connectivity index (χ4n) is 5.40. The van der Waals surface area contributed by atoms with Gasteiger partial charge in [-0.05, 0) is 65.9 Å². The van der Waals surface area contributed by atoms with Crippen molar-refractivity contribution in [1.29, 1.82) is 0 Å². The van der Waals surface area contributed by atoms with Crippen LogP contribution in [0.2, 0.25) is 0 Å². The topological polar surface area (TPSA) is 116 Å². The SMILES string of the molecule is CC[C@H](Cc1ccc2[nH]c(C(=O)NCc3ccccc3OC)cc2c1)NC[C@H](O)c1ccc(OCc2ccccc2)c(CO)c1. The van der Waals surface area contributed by atoms with Crippen LogP contribution >= 0.6 is 0 Å². The number of amides is 1. The van der Waals surface area contributed by atoms with E-state index in [-0.39, 0.29) is 18.6 Å². The van der Waals surface area contributed by atoms with E-state index in [1.54, 1.807) is 13.2 Å². The van der Waals surface area contributed by atoms with Crippen LogP contribution in [0.3, 0.4) is 0 Å². The monoisotopic (exact) mass is 607 g/mol. The molecule has 0 saturated heterocycles. The molecule has 0 radical (unpaired) electrons. The minimum absolute atomic E-state index is 0.144. The van der Waals surface area contributed by atoms with Crippen LogP contribution in [0.1, 0.15) is 57.8 Å². The van der Waals surface area contributed by atoms with Gasteiger partial charge in [-0.25, -0.2) is 0 Å². The van der Waals surface area contributed by atoms with Crippen LogP contribution in [-0.4, -0.2) is 40.8 Å². The van der Waals surface area contributed by atoms with Gasteiger partial charge in [0.15, 0.2) is 0 Å². The average Bonchev–Trinajstić information content (AvgIpc) is 3.52. The smallest absolute Gasteiger partial charge is 0.267 e. The summed E-state index contributed by atoms with van der Waals surface area (Å²) in [5.41, 5.74) is 5.85. The molecule has 5 rings (SSSR count). The molecule has 8 heteroatoms. The van der Waals surface area contributed by atoms with Gasteiger partial charge in [0.1, 0.15) is 23.8 Å². The maximum absolute atomic E-state index is 12.9. The predicted molar refractivity (Wildman–Crippen MR) is 176 cm³/mol. The van der Waals surface area contributed by atoms with E-state index in [0.717, 1.165) is 51.7 Å². The number of benzene rings is 4. The quantitative estimate of drug-likeness (QED) is 0.102. The number of hydrogen-bond acceptors (Lipinski definition) is 6. The molecular formula is C37H41N3O5. The first-order chi connectivity index (χ1) is 22.0. The molecule has 8 nitrogen and oxygen atoms in total. The van der Waals surface area contributed by atoms with Crippen LogP contribution in [0, 0.1) is 0 Å². The van der Waals surface area contributed by atoms with Gasteiger partial charge >= 0.3 is 0 Å². The van der Waals surface area contributed by atoms with E-state index in [4.69, 9.17) is 9.47 Å². The fraction of sp³-hybridized carbons (Fsp3) is 0.270. The minimum atomic E-state index is -0.739. The molecule has 0 unspecified atom stereocenters. The van der Waals surface area contributed by atoms with Gasteiger partial charge in [-0.1, -0.05) is 67.6 Å². The largest absolute Gasteiger partial charge is 0.496 e. The molecule has 0 aliphatic carbocycles. The van der Waals surface area contributed by atoms with Crippen LogP contribution in [-0.2, 0) is 26.2 Å². The van der Waals surface area contributed by atoms with E-state index >= 15 is 0 Å². The number of carbonyl (C=O) groups excluding carboxylic acids is 1. The number of aromatic nitrogens is 1. The summed E-state index contributed by atoms with van der Waals surface area (Å²) < 4.78 is 11.3. The lowest BCUT2D eigenvalue weighted by Crippen LogP contribution is -2.34. The van der Waals surface area contributed by atoms with Gasteiger partial charge in [0.25, 0.3) is 5.91 Å². The van der Waals surface area contributed by atoms with Gasteiger partial charge < -0.3 is 35.3 Å². The molecule has 45 heavy (non-hydrogen) atoms. The number of hydrogen-bond donors (Lipinski definition) is 5. The normalized spacial score (nSPS) is 12.5. The molecule has 1 amide bonds. The second-order valence-electron chi connectivity index (χ2n) is 11.1. The minimum Gasteiger partial charge on any atom is -0.496 e. The number of H-pyrrole nitrogens is 1. The van der Waals surface area contributed by atoms with E-state index in [1.807, 2.05) is 78.9 Å². The molecular weight excluding hydrogens is 566 g/mol. The molecule has 0 bridgehead atoms. The molecule has 1 heterocycles. The maximum Gasteiger partial charge on any atom is 0.267 e. The average molecular weight is 608 g/mol. The number of nitrogens with one attached hydrogen (secondary N) is 3. The molecule has 234 valence electrons. The number of rotatable bonds is 15. The van der Waals surface area contributed by atoms with Crippen molar-refractivity contribution in [3.63, 3.8) is 0 Å². The van der Waals surface area contributed by atoms with Crippen LogP contribution < -0.4 is 20.1 Å². The first kappa shape index (κ1) is 31.8. The molecule has 2 atom stereocenters. The third-order valence-corrected chi connectivity index (χ3v) is 8.01. The number of para-hydroxylation sites is 1. The lowest BCUT2D eigenvalue weighted by atomic mass is 10.0. The van der Waals surface area contributed by atoms with Crippen molar-refractivity contribution in [3.05, 3.63) is 131 Å². The molecule has 0 fully saturated rings. The van der Waals surface area contributed by atoms with E-state index in [9.17, 15) is 15.0 Å². The number of aromatic amines is 1. The van der Waals surface area contributed by atoms with Crippen LogP contribution in [0.15, 0.2) is 97.1 Å². The van der Waals surface area contributed by atoms with Crippen molar-refractivity contribution >= 4 is 16.8 Å². The highest BCUT2D eigenvalue weighted by Crippen LogP contribution is 2.25. The van der Waals surface area contributed by atoms with E-state index in [2.05, 4.69) is 34.7 Å². The van der Waals surface area contributed by atoms with Gasteiger partial charge in [-0.3, -0.25) is 4.79 Å². The predicted octanol–water partition coefficient (Wildman–Crippen LogP) is 5.82. The number of ether oxygens (including phenoxy) is 2. The molecule has 0 aliphatic heterocycles. The van der Waals surface area contributed by atoms with Gasteiger partial charge in [-0.2, -0.15) is 0 Å². The molecule has 5 N–H and O–H groups in total. The number of aliphatic hydroxyl groups excluding tert-OH is 2. The first-order valence-electron chi connectivity index (χ1n) is 15.3. The van der Waals surface area contributed by atoms with Crippen molar-refractivity contribution in [1.82, 2.24) is 15.6 Å². The molecule has 1 aromatic heterocycles. The standard InChI is InChI=1S/C37H41N3O5/c1-3-31(38-22-34(42)27-14-16-36(30(19-27)23-41)45-24-25-9-5-4-6-10-25)18-26-13-15-32-29(17-26)20-33(40-32)37(43)39-21-28-11-7-8-12-35(28)44-2/h4-17,19-20,31,34,38,40-42H,3,18,21-24H2,1-2H3,(H,39,43)/t31-,34+/m1/s1. The van der Waals surface area contributed by atoms with Gasteiger partial charge in [0.05, 0.1) is 19.8 Å². The van der Waals surface area contributed by atoms with Crippen molar-refractivity contribution in [2.24, 2.45) is 0 Å². The Morgan fingerprint density at radius 1 is 0.889 bits per heavy atom. The van der Waals surface area contributed by atoms with E-state index < -0.39 is 6.10 Å². The summed E-state index contributed by atoms with van der Waals surface area (Å²) in [5.74, 6) is 1.16. The van der Waals surface area contributed by atoms with Crippen molar-refractivity contribution < 1.29 is 24.5 Å². The summed E-state index contributed by atoms with van der Waals surface area (Å²) in [5, 5.41) is 28.3. The highest BCUT2D eigenvalue weighted by atomic mass is 16.5. The Balaban J connectivity index is 1.16. The van der Waals surface area contributed by atoms with E-state index in [1.165, 1.54) is 0 Å². The van der Waals surface area contributed by atoms with Gasteiger partial charge in [-0.15, -0.1) is 0 Å². The number of fused-ring (bicyclic) bond motifs is 1. The van der Waals surface area contributed by atoms with Crippen LogP contribution in [0.5, 0.6) is 11.5 Å². The lowest BCUT2D eigenvalue weighted by Gasteiger charge is -2.21. The Morgan fingerprint density at radius 2 is 1.69 bits per heavy atom. The van der Waals surface area contributed by atoms with Crippen LogP contribution in [0.25, 0.3) is 10.9 Å². The number of aliphatic hydroxyl groups is 2. The zero-order chi connectivity index (χ0) is 31.6. The summed E-state index contributed by atoms with van der Waals surface area (Å²) >= 11 is 0. The summed E-state index contributed by atoms with van der Waals surface area (Å²) in [6.07, 6.45) is 0.910. The number of methoxy groups -OCH3 is 1. The van der Waals surface area contributed by atoms with Gasteiger partial charge in [0.2, 0.25) is 0 Å². The Hall–Kier alpha value is -4.63. The second-order valence-corrected chi connectivity index (χ2v) is 11.1. The first-order valence-corrected chi connectivity index (χ1v) is 15.3. The molecule has 0 spiro atoms. The highest BCUT2D eigenvalue weighted by Gasteiger charge is 2.16. The van der Waals surface area contributed by atoms with Crippen molar-refractivity contribution in [2.45, 2.75) is 51.7 Å². The third-order valence-electron chi connectivity index (χ3n) is 8.01. The zero-order valence-electron chi connectivity index (χ0n) is 25.8. The van der Waals surface area contributed by atoms with Gasteiger partial charge in [0, 0.05) is 41.2 Å². The summed E-state index contributed by atoms with van der Waals surface area (Å²) in [6.45, 7) is 3.08. The Bertz CT molecular complexity index is 1700. The van der Waals surface area contributed by atoms with Crippen molar-refractivity contribution in [2.75, 3.05) is 13.7 Å². The zero-order valence-corrected chi connectivity index (χ0v) is 25.8. The summed E-state index contributed by atoms with van der Waals surface area (Å²) in [7, 11) is 1.62.